The molecule has 0 amide bonds. The molecule has 2 N–H and O–H groups in total. The van der Waals surface area contributed by atoms with Gasteiger partial charge in [0.2, 0.25) is 0 Å². The quantitative estimate of drug-likeness (QED) is 0.811. The van der Waals surface area contributed by atoms with Crippen LogP contribution in [0, 0.1) is 5.82 Å². The molecule has 0 saturated heterocycles. The largest absolute Gasteiger partial charge is 0.396 e. The lowest BCUT2D eigenvalue weighted by Crippen LogP contribution is -1.97. The molecule has 0 aliphatic heterocycles. The number of rotatable bonds is 2. The van der Waals surface area contributed by atoms with Crippen LogP contribution in [0.15, 0.2) is 41.4 Å². The summed E-state index contributed by atoms with van der Waals surface area (Å²) in [7, 11) is 0. The molecule has 1 aromatic carbocycles. The molecule has 2 aromatic rings. The average Bonchev–Trinajstić information content (AvgIpc) is 2.31. The summed E-state index contributed by atoms with van der Waals surface area (Å²) >= 11 is 1.52. The van der Waals surface area contributed by atoms with Crippen molar-refractivity contribution in [3.8, 4) is 11.3 Å². The number of nitrogens with two attached hydrogens (primary N) is 1. The monoisotopic (exact) mass is 234 g/mol. The van der Waals surface area contributed by atoms with Gasteiger partial charge in [0.1, 0.15) is 5.82 Å². The number of hydrogen-bond donors (Lipinski definition) is 1. The van der Waals surface area contributed by atoms with E-state index in [0.717, 1.165) is 4.90 Å². The third-order valence-corrected chi connectivity index (χ3v) is 3.09. The minimum atomic E-state index is -0.306. The maximum Gasteiger partial charge on any atom is 0.132 e. The molecule has 0 unspecified atom stereocenters. The number of anilines is 1. The molecular formula is C12H11FN2S. The van der Waals surface area contributed by atoms with Crippen molar-refractivity contribution in [2.24, 2.45) is 0 Å². The molecule has 0 bridgehead atoms. The lowest BCUT2D eigenvalue weighted by Gasteiger charge is -2.08. The van der Waals surface area contributed by atoms with Crippen LogP contribution in [-0.2, 0) is 0 Å². The van der Waals surface area contributed by atoms with Gasteiger partial charge < -0.3 is 5.73 Å². The summed E-state index contributed by atoms with van der Waals surface area (Å²) in [5, 5.41) is 0. The second-order valence-corrected chi connectivity index (χ2v) is 4.10. The van der Waals surface area contributed by atoms with E-state index in [9.17, 15) is 4.39 Å². The molecule has 4 heteroatoms. The van der Waals surface area contributed by atoms with E-state index in [1.165, 1.54) is 17.8 Å². The standard InChI is InChI=1S/C12H11FN2S/c1-16-10-6-7-15-12(11(10)14)8-4-2-3-5-9(8)13/h2-7H,14H2,1H3. The van der Waals surface area contributed by atoms with Crippen LogP contribution in [0.25, 0.3) is 11.3 Å². The van der Waals surface area contributed by atoms with Crippen molar-refractivity contribution in [1.82, 2.24) is 4.98 Å². The van der Waals surface area contributed by atoms with Crippen molar-refractivity contribution >= 4 is 17.4 Å². The Bertz CT molecular complexity index is 514. The predicted molar refractivity (Wildman–Crippen MR) is 65.8 cm³/mol. The zero-order valence-corrected chi connectivity index (χ0v) is 9.59. The molecule has 0 fully saturated rings. The maximum absolute atomic E-state index is 13.6. The van der Waals surface area contributed by atoms with Gasteiger partial charge in [-0.25, -0.2) is 4.39 Å². The van der Waals surface area contributed by atoms with Gasteiger partial charge in [0.15, 0.2) is 0 Å². The summed E-state index contributed by atoms with van der Waals surface area (Å²) in [6.07, 6.45) is 3.57. The molecule has 0 spiro atoms. The van der Waals surface area contributed by atoms with Gasteiger partial charge in [0.25, 0.3) is 0 Å². The topological polar surface area (TPSA) is 38.9 Å². The Hall–Kier alpha value is -1.55. The van der Waals surface area contributed by atoms with E-state index in [2.05, 4.69) is 4.98 Å². The van der Waals surface area contributed by atoms with Crippen molar-refractivity contribution in [1.29, 1.82) is 0 Å². The molecular weight excluding hydrogens is 223 g/mol. The molecule has 2 rings (SSSR count). The number of halogens is 1. The Morgan fingerprint density at radius 1 is 1.25 bits per heavy atom. The van der Waals surface area contributed by atoms with E-state index in [4.69, 9.17) is 5.73 Å². The molecule has 0 aliphatic rings. The summed E-state index contributed by atoms with van der Waals surface area (Å²) < 4.78 is 13.6. The lowest BCUT2D eigenvalue weighted by molar-refractivity contribution is 0.631. The number of aromatic nitrogens is 1. The van der Waals surface area contributed by atoms with Crippen LogP contribution >= 0.6 is 11.8 Å². The van der Waals surface area contributed by atoms with Crippen LogP contribution in [0.5, 0.6) is 0 Å². The summed E-state index contributed by atoms with van der Waals surface area (Å²) in [6.45, 7) is 0. The van der Waals surface area contributed by atoms with Gasteiger partial charge in [0, 0.05) is 16.7 Å². The fourth-order valence-electron chi connectivity index (χ4n) is 1.50. The van der Waals surface area contributed by atoms with Gasteiger partial charge in [-0.2, -0.15) is 0 Å². The van der Waals surface area contributed by atoms with Gasteiger partial charge in [0.05, 0.1) is 11.4 Å². The van der Waals surface area contributed by atoms with Crippen molar-refractivity contribution in [3.05, 3.63) is 42.3 Å². The number of pyridine rings is 1. The van der Waals surface area contributed by atoms with E-state index in [0.29, 0.717) is 16.9 Å². The zero-order valence-electron chi connectivity index (χ0n) is 8.77. The molecule has 0 atom stereocenters. The Kier molecular flexibility index (Phi) is 3.10. The minimum absolute atomic E-state index is 0.306. The Morgan fingerprint density at radius 2 is 2.00 bits per heavy atom. The number of nitrogens with zero attached hydrogens (tertiary/aromatic N) is 1. The van der Waals surface area contributed by atoms with Crippen LogP contribution in [0.2, 0.25) is 0 Å². The molecule has 16 heavy (non-hydrogen) atoms. The first-order valence-corrected chi connectivity index (χ1v) is 6.00. The molecule has 0 saturated carbocycles. The van der Waals surface area contributed by atoms with Crippen molar-refractivity contribution in [3.63, 3.8) is 0 Å². The van der Waals surface area contributed by atoms with Crippen molar-refractivity contribution < 1.29 is 4.39 Å². The van der Waals surface area contributed by atoms with Gasteiger partial charge in [-0.05, 0) is 24.5 Å². The van der Waals surface area contributed by atoms with E-state index in [1.54, 1.807) is 24.4 Å². The highest BCUT2D eigenvalue weighted by Gasteiger charge is 2.11. The fourth-order valence-corrected chi connectivity index (χ4v) is 2.01. The highest BCUT2D eigenvalue weighted by molar-refractivity contribution is 7.98. The molecule has 1 aromatic heterocycles. The van der Waals surface area contributed by atoms with E-state index in [-0.39, 0.29) is 5.82 Å². The Balaban J connectivity index is 2.61. The predicted octanol–water partition coefficient (Wildman–Crippen LogP) is 3.19. The number of benzene rings is 1. The van der Waals surface area contributed by atoms with E-state index < -0.39 is 0 Å². The van der Waals surface area contributed by atoms with Gasteiger partial charge in [-0.1, -0.05) is 12.1 Å². The first-order valence-electron chi connectivity index (χ1n) is 4.77. The molecule has 0 radical (unpaired) electrons. The van der Waals surface area contributed by atoms with Crippen LogP contribution in [0.4, 0.5) is 10.1 Å². The van der Waals surface area contributed by atoms with Gasteiger partial charge in [-0.15, -0.1) is 11.8 Å². The lowest BCUT2D eigenvalue weighted by atomic mass is 10.1. The molecule has 1 heterocycles. The highest BCUT2D eigenvalue weighted by Crippen LogP contribution is 2.32. The van der Waals surface area contributed by atoms with Crippen LogP contribution in [0.1, 0.15) is 0 Å². The highest BCUT2D eigenvalue weighted by atomic mass is 32.2. The summed E-state index contributed by atoms with van der Waals surface area (Å²) in [4.78, 5) is 5.05. The third kappa shape index (κ3) is 1.88. The second kappa shape index (κ2) is 4.53. The summed E-state index contributed by atoms with van der Waals surface area (Å²) in [5.74, 6) is -0.306. The summed E-state index contributed by atoms with van der Waals surface area (Å²) in [5.41, 5.74) is 7.42. The number of hydrogen-bond acceptors (Lipinski definition) is 3. The van der Waals surface area contributed by atoms with Crippen LogP contribution < -0.4 is 5.73 Å². The van der Waals surface area contributed by atoms with Crippen molar-refractivity contribution in [2.45, 2.75) is 4.90 Å². The normalized spacial score (nSPS) is 10.4. The molecule has 2 nitrogen and oxygen atoms in total. The van der Waals surface area contributed by atoms with E-state index >= 15 is 0 Å². The number of thioether (sulfide) groups is 1. The van der Waals surface area contributed by atoms with Gasteiger partial charge >= 0.3 is 0 Å². The third-order valence-electron chi connectivity index (χ3n) is 2.30. The van der Waals surface area contributed by atoms with Crippen molar-refractivity contribution in [2.75, 3.05) is 12.0 Å². The fraction of sp³-hybridized carbons (Fsp3) is 0.0833. The SMILES string of the molecule is CSc1ccnc(-c2ccccc2F)c1N. The first-order chi connectivity index (χ1) is 7.74. The smallest absolute Gasteiger partial charge is 0.132 e. The first kappa shape index (κ1) is 11.0. The minimum Gasteiger partial charge on any atom is -0.396 e. The Morgan fingerprint density at radius 3 is 2.69 bits per heavy atom. The molecule has 82 valence electrons. The van der Waals surface area contributed by atoms with Crippen LogP contribution in [-0.4, -0.2) is 11.2 Å². The maximum atomic E-state index is 13.6. The second-order valence-electron chi connectivity index (χ2n) is 3.26. The summed E-state index contributed by atoms with van der Waals surface area (Å²) in [6, 6.07) is 8.32. The Labute approximate surface area is 97.7 Å². The van der Waals surface area contributed by atoms with E-state index in [1.807, 2.05) is 12.3 Å². The average molecular weight is 234 g/mol. The van der Waals surface area contributed by atoms with Gasteiger partial charge in [-0.3, -0.25) is 4.98 Å². The number of nitrogen functional groups attached to an aromatic ring is 1. The molecule has 0 aliphatic carbocycles. The zero-order chi connectivity index (χ0) is 11.5. The van der Waals surface area contributed by atoms with Crippen LogP contribution in [0.3, 0.4) is 0 Å².